The summed E-state index contributed by atoms with van der Waals surface area (Å²) in [5.74, 6) is 0. The fourth-order valence-electron chi connectivity index (χ4n) is 2.62. The molecule has 0 saturated carbocycles. The highest BCUT2D eigenvalue weighted by Crippen LogP contribution is 2.44. The van der Waals surface area contributed by atoms with Crippen LogP contribution in [0.4, 0.5) is 17.1 Å². The van der Waals surface area contributed by atoms with Crippen molar-refractivity contribution >= 4 is 28.3 Å². The van der Waals surface area contributed by atoms with E-state index in [2.05, 4.69) is 0 Å². The first-order chi connectivity index (χ1) is 10.8. The monoisotopic (exact) mass is 309 g/mol. The number of quaternary nitrogens is 1. The zero-order chi connectivity index (χ0) is 15.4. The van der Waals surface area contributed by atoms with Crippen molar-refractivity contribution in [2.45, 2.75) is 0 Å². The average Bonchev–Trinajstić information content (AvgIpc) is 2.58. The van der Waals surface area contributed by atoms with Gasteiger partial charge in [0.25, 0.3) is 0 Å². The van der Waals surface area contributed by atoms with E-state index in [4.69, 9.17) is 0 Å². The summed E-state index contributed by atoms with van der Waals surface area (Å²) in [4.78, 5) is 0. The van der Waals surface area contributed by atoms with E-state index < -0.39 is 11.3 Å². The summed E-state index contributed by atoms with van der Waals surface area (Å²) >= 11 is -2.43. The van der Waals surface area contributed by atoms with Crippen molar-refractivity contribution in [3.05, 3.63) is 91.0 Å². The molecule has 0 N–H and O–H groups in total. The molecule has 4 heteroatoms. The second-order valence-corrected chi connectivity index (χ2v) is 5.81. The van der Waals surface area contributed by atoms with Crippen molar-refractivity contribution in [1.29, 1.82) is 0 Å². The molecule has 3 rings (SSSR count). The van der Waals surface area contributed by atoms with Gasteiger partial charge in [-0.1, -0.05) is 54.6 Å². The second-order valence-electron chi connectivity index (χ2n) is 4.83. The predicted octanol–water partition coefficient (Wildman–Crippen LogP) is 4.45. The van der Waals surface area contributed by atoms with Crippen LogP contribution in [0.15, 0.2) is 91.0 Å². The van der Waals surface area contributed by atoms with Crippen LogP contribution in [-0.2, 0) is 11.3 Å². The highest BCUT2D eigenvalue weighted by atomic mass is 32.2. The van der Waals surface area contributed by atoms with Crippen molar-refractivity contribution in [3.63, 3.8) is 0 Å². The molecule has 22 heavy (non-hydrogen) atoms. The van der Waals surface area contributed by atoms with Gasteiger partial charge in [0.1, 0.15) is 0 Å². The lowest BCUT2D eigenvalue weighted by atomic mass is 10.2. The number of hydrogen-bond donors (Lipinski definition) is 0. The van der Waals surface area contributed by atoms with E-state index in [1.807, 2.05) is 91.0 Å². The van der Waals surface area contributed by atoms with Gasteiger partial charge in [-0.15, -0.1) is 0 Å². The van der Waals surface area contributed by atoms with E-state index in [1.54, 1.807) is 0 Å². The lowest BCUT2D eigenvalue weighted by molar-refractivity contribution is 0.498. The molecule has 0 aliphatic heterocycles. The molecule has 0 spiro atoms. The Morgan fingerprint density at radius 1 is 0.591 bits per heavy atom. The SMILES string of the molecule is O=S([O-])[N+](c1ccccc1)(c1ccccc1)c1ccccc1. The van der Waals surface area contributed by atoms with Crippen LogP contribution in [0.2, 0.25) is 0 Å². The van der Waals surface area contributed by atoms with Crippen LogP contribution in [0.1, 0.15) is 0 Å². The van der Waals surface area contributed by atoms with Gasteiger partial charge in [0, 0.05) is 36.4 Å². The molecule has 0 heterocycles. The first-order valence-corrected chi connectivity index (χ1v) is 7.95. The van der Waals surface area contributed by atoms with Crippen LogP contribution < -0.4 is 3.89 Å². The molecule has 1 atom stereocenters. The lowest BCUT2D eigenvalue weighted by Gasteiger charge is -2.37. The molecule has 3 aromatic carbocycles. The van der Waals surface area contributed by atoms with Crippen molar-refractivity contribution < 1.29 is 8.76 Å². The molecule has 0 saturated heterocycles. The Balaban J connectivity index is 2.37. The Labute approximate surface area is 132 Å². The van der Waals surface area contributed by atoms with Crippen molar-refractivity contribution in [2.24, 2.45) is 0 Å². The summed E-state index contributed by atoms with van der Waals surface area (Å²) in [7, 11) is 0. The fourth-order valence-corrected chi connectivity index (χ4v) is 3.50. The minimum atomic E-state index is -2.43. The van der Waals surface area contributed by atoms with Gasteiger partial charge >= 0.3 is 0 Å². The molecule has 0 radical (unpaired) electrons. The minimum Gasteiger partial charge on any atom is -0.723 e. The van der Waals surface area contributed by atoms with Crippen molar-refractivity contribution in [3.8, 4) is 0 Å². The largest absolute Gasteiger partial charge is 0.723 e. The van der Waals surface area contributed by atoms with Gasteiger partial charge in [0.15, 0.2) is 28.3 Å². The first kappa shape index (κ1) is 14.7. The summed E-state index contributed by atoms with van der Waals surface area (Å²) < 4.78 is 24.4. The second kappa shape index (κ2) is 6.23. The number of para-hydroxylation sites is 3. The van der Waals surface area contributed by atoms with Crippen molar-refractivity contribution in [2.75, 3.05) is 0 Å². The summed E-state index contributed by atoms with van der Waals surface area (Å²) in [6.07, 6.45) is 0. The molecule has 3 aromatic rings. The molecule has 1 unspecified atom stereocenters. The normalized spacial score (nSPS) is 12.8. The summed E-state index contributed by atoms with van der Waals surface area (Å²) in [6, 6.07) is 27.7. The van der Waals surface area contributed by atoms with Gasteiger partial charge < -0.3 is 4.55 Å². The molecule has 0 fully saturated rings. The van der Waals surface area contributed by atoms with Gasteiger partial charge in [-0.3, -0.25) is 0 Å². The maximum absolute atomic E-state index is 12.4. The maximum Gasteiger partial charge on any atom is 0.164 e. The zero-order valence-electron chi connectivity index (χ0n) is 11.8. The van der Waals surface area contributed by atoms with E-state index >= 15 is 0 Å². The average molecular weight is 309 g/mol. The Morgan fingerprint density at radius 2 is 0.864 bits per heavy atom. The summed E-state index contributed by atoms with van der Waals surface area (Å²) in [5.41, 5.74) is 2.02. The highest BCUT2D eigenvalue weighted by Gasteiger charge is 2.38. The zero-order valence-corrected chi connectivity index (χ0v) is 12.6. The van der Waals surface area contributed by atoms with Crippen LogP contribution in [0.5, 0.6) is 0 Å². The third-order valence-electron chi connectivity index (χ3n) is 3.58. The van der Waals surface area contributed by atoms with Gasteiger partial charge in [-0.25, -0.2) is 4.21 Å². The van der Waals surface area contributed by atoms with E-state index in [0.29, 0.717) is 17.1 Å². The Bertz CT molecular complexity index is 664. The standard InChI is InChI=1S/C18H15NO2S/c20-22(21)19(16-10-4-1-5-11-16,17-12-6-2-7-13-17)18-14-8-3-9-15-18/h1-15H. The molecule has 0 aliphatic rings. The molecule has 110 valence electrons. The molecule has 0 bridgehead atoms. The van der Waals surface area contributed by atoms with E-state index in [1.165, 1.54) is 0 Å². The third-order valence-corrected chi connectivity index (χ3v) is 4.66. The highest BCUT2D eigenvalue weighted by molar-refractivity contribution is 7.79. The van der Waals surface area contributed by atoms with Crippen LogP contribution in [0, 0.1) is 0 Å². The van der Waals surface area contributed by atoms with Crippen molar-refractivity contribution in [1.82, 2.24) is 3.89 Å². The molecule has 0 aromatic heterocycles. The minimum absolute atomic E-state index is 0.359. The van der Waals surface area contributed by atoms with Crippen LogP contribution in [0.3, 0.4) is 0 Å². The van der Waals surface area contributed by atoms with Crippen LogP contribution >= 0.6 is 0 Å². The predicted molar refractivity (Wildman–Crippen MR) is 89.4 cm³/mol. The van der Waals surface area contributed by atoms with Gasteiger partial charge in [0.05, 0.1) is 0 Å². The van der Waals surface area contributed by atoms with E-state index in [-0.39, 0.29) is 3.89 Å². The molecular formula is C18H15NO2S. The summed E-state index contributed by atoms with van der Waals surface area (Å²) in [6.45, 7) is 0. The maximum atomic E-state index is 12.4. The molecule has 3 nitrogen and oxygen atoms in total. The number of benzene rings is 3. The Morgan fingerprint density at radius 3 is 1.09 bits per heavy atom. The number of rotatable bonds is 4. The Kier molecular flexibility index (Phi) is 4.15. The summed E-state index contributed by atoms with van der Waals surface area (Å²) in [5, 5.41) is 0. The smallest absolute Gasteiger partial charge is 0.164 e. The number of nitrogens with zero attached hydrogens (tertiary/aromatic N) is 1. The quantitative estimate of drug-likeness (QED) is 0.527. The van der Waals surface area contributed by atoms with E-state index in [0.717, 1.165) is 0 Å². The number of hydrogen-bond acceptors (Lipinski definition) is 2. The fraction of sp³-hybridized carbons (Fsp3) is 0. The van der Waals surface area contributed by atoms with Gasteiger partial charge in [-0.2, -0.15) is 3.89 Å². The first-order valence-electron chi connectivity index (χ1n) is 6.92. The van der Waals surface area contributed by atoms with E-state index in [9.17, 15) is 8.76 Å². The van der Waals surface area contributed by atoms with Gasteiger partial charge in [-0.05, 0) is 0 Å². The van der Waals surface area contributed by atoms with Gasteiger partial charge in [0.2, 0.25) is 0 Å². The topological polar surface area (TPSA) is 40.1 Å². The third kappa shape index (κ3) is 2.37. The molecular weight excluding hydrogens is 294 g/mol. The molecule has 0 aliphatic carbocycles. The Hall–Kier alpha value is -2.27. The van der Waals surface area contributed by atoms with Crippen LogP contribution in [-0.4, -0.2) is 8.76 Å². The molecule has 0 amide bonds. The lowest BCUT2D eigenvalue weighted by Crippen LogP contribution is -2.40. The van der Waals surface area contributed by atoms with Crippen LogP contribution in [0.25, 0.3) is 0 Å².